The van der Waals surface area contributed by atoms with Gasteiger partial charge in [-0.3, -0.25) is 121 Å². The minimum atomic E-state index is -2.61. The van der Waals surface area contributed by atoms with Gasteiger partial charge in [0, 0.05) is 11.6 Å². The van der Waals surface area contributed by atoms with Crippen LogP contribution in [0, 0.1) is 121 Å². The minimum Gasteiger partial charge on any atom is -0.258 e. The van der Waals surface area contributed by atoms with Crippen LogP contribution in [0.15, 0.2) is 36.4 Å². The normalized spacial score (nSPS) is 10.6. The van der Waals surface area contributed by atoms with Gasteiger partial charge < -0.3 is 0 Å². The first kappa shape index (κ1) is 42.4. The molecule has 306 valence electrons. The second-order valence-corrected chi connectivity index (χ2v) is 10.7. The van der Waals surface area contributed by atoms with Crippen LogP contribution in [-0.4, -0.2) is 59.1 Å². The van der Waals surface area contributed by atoms with E-state index in [2.05, 4.69) is 0 Å². The Kier molecular flexibility index (Phi) is 10.7. The van der Waals surface area contributed by atoms with E-state index >= 15 is 0 Å². The highest BCUT2D eigenvalue weighted by molar-refractivity contribution is 6.09. The van der Waals surface area contributed by atoms with Crippen molar-refractivity contribution in [3.05, 3.63) is 158 Å². The van der Waals surface area contributed by atoms with Crippen molar-refractivity contribution < 1.29 is 59.1 Å². The van der Waals surface area contributed by atoms with Crippen molar-refractivity contribution in [1.82, 2.24) is 0 Å². The number of nitro groups is 12. The van der Waals surface area contributed by atoms with Crippen molar-refractivity contribution in [3.8, 4) is 33.4 Å². The number of nitro benzene ring substituents is 12. The molecule has 36 heteroatoms. The van der Waals surface area contributed by atoms with Crippen molar-refractivity contribution in [2.75, 3.05) is 0 Å². The van der Waals surface area contributed by atoms with Crippen molar-refractivity contribution >= 4 is 68.2 Å². The van der Waals surface area contributed by atoms with Crippen LogP contribution in [0.4, 0.5) is 68.2 Å². The van der Waals surface area contributed by atoms with Crippen LogP contribution in [0.2, 0.25) is 0 Å². The zero-order valence-corrected chi connectivity index (χ0v) is 27.6. The lowest BCUT2D eigenvalue weighted by atomic mass is 9.85. The lowest BCUT2D eigenvalue weighted by Gasteiger charge is -2.15. The van der Waals surface area contributed by atoms with Crippen LogP contribution in [0.25, 0.3) is 33.4 Å². The van der Waals surface area contributed by atoms with Gasteiger partial charge in [-0.1, -0.05) is 24.3 Å². The molecule has 0 aliphatic heterocycles. The lowest BCUT2D eigenvalue weighted by molar-refractivity contribution is -0.459. The Labute approximate surface area is 318 Å². The number of nitrogens with zero attached hydrogens (tertiary/aromatic N) is 12. The van der Waals surface area contributed by atoms with Crippen molar-refractivity contribution in [2.24, 2.45) is 0 Å². The van der Waals surface area contributed by atoms with Gasteiger partial charge in [0.25, 0.3) is 0 Å². The topological polar surface area (TPSA) is 518 Å². The van der Waals surface area contributed by atoms with Crippen LogP contribution in [0.3, 0.4) is 0 Å². The fourth-order valence-electron chi connectivity index (χ4n) is 5.94. The van der Waals surface area contributed by atoms with Gasteiger partial charge in [0.15, 0.2) is 11.1 Å². The summed E-state index contributed by atoms with van der Waals surface area (Å²) >= 11 is 0. The maximum atomic E-state index is 12.7. The van der Waals surface area contributed by atoms with E-state index in [4.69, 9.17) is 0 Å². The molecule has 0 aromatic heterocycles. The molecule has 4 rings (SSSR count). The van der Waals surface area contributed by atoms with E-state index in [1.54, 1.807) is 0 Å². The third-order valence-electron chi connectivity index (χ3n) is 7.84. The molecule has 36 nitrogen and oxygen atoms in total. The van der Waals surface area contributed by atoms with E-state index in [0.717, 1.165) is 6.07 Å². The third-order valence-corrected chi connectivity index (χ3v) is 7.84. The number of hydrogen-bond acceptors (Lipinski definition) is 24. The summed E-state index contributed by atoms with van der Waals surface area (Å²) in [6.07, 6.45) is 0. The molecule has 0 amide bonds. The van der Waals surface area contributed by atoms with Gasteiger partial charge in [-0.25, -0.2) is 0 Å². The Bertz CT molecular complexity index is 2710. The predicted octanol–water partition coefficient (Wildman–Crippen LogP) is 5.59. The van der Waals surface area contributed by atoms with Gasteiger partial charge in [-0.05, 0) is 17.2 Å². The van der Waals surface area contributed by atoms with Gasteiger partial charge in [0.2, 0.25) is 0 Å². The molecule has 4 aromatic carbocycles. The molecular formula is C24H6N12O24. The van der Waals surface area contributed by atoms with Crippen LogP contribution in [0.1, 0.15) is 0 Å². The molecular weight excluding hydrogens is 840 g/mol. The fraction of sp³-hybridized carbons (Fsp3) is 0. The summed E-state index contributed by atoms with van der Waals surface area (Å²) in [5.41, 5.74) is -39.6. The summed E-state index contributed by atoms with van der Waals surface area (Å²) in [5.74, 6) is 0. The number of hydrogen-bond donors (Lipinski definition) is 0. The molecule has 0 atom stereocenters. The smallest absolute Gasteiger partial charge is 0.258 e. The fourth-order valence-corrected chi connectivity index (χ4v) is 5.94. The molecule has 0 aliphatic carbocycles. The van der Waals surface area contributed by atoms with E-state index in [0.29, 0.717) is 18.2 Å². The molecule has 0 radical (unpaired) electrons. The first-order valence-corrected chi connectivity index (χ1v) is 14.3. The van der Waals surface area contributed by atoms with E-state index < -0.39 is 161 Å². The molecule has 60 heavy (non-hydrogen) atoms. The quantitative estimate of drug-likeness (QED) is 0.104. The second kappa shape index (κ2) is 15.1. The highest BCUT2D eigenvalue weighted by atomic mass is 16.7. The molecule has 0 saturated carbocycles. The zero-order valence-electron chi connectivity index (χ0n) is 27.6. The van der Waals surface area contributed by atoms with Crippen LogP contribution in [-0.2, 0) is 0 Å². The maximum Gasteiger partial charge on any atom is 0.437 e. The largest absolute Gasteiger partial charge is 0.437 e. The maximum absolute atomic E-state index is 12.7. The Morgan fingerprint density at radius 1 is 0.233 bits per heavy atom. The molecule has 0 heterocycles. The van der Waals surface area contributed by atoms with Gasteiger partial charge in [0.1, 0.15) is 0 Å². The first-order chi connectivity index (χ1) is 27.8. The Hall–Kier alpha value is -10.3. The van der Waals surface area contributed by atoms with Crippen LogP contribution < -0.4 is 0 Å². The predicted molar refractivity (Wildman–Crippen MR) is 183 cm³/mol. The molecule has 0 saturated heterocycles. The molecule has 4 aromatic rings. The molecule has 0 N–H and O–H groups in total. The zero-order chi connectivity index (χ0) is 45.6. The Balaban J connectivity index is 2.62. The lowest BCUT2D eigenvalue weighted by Crippen LogP contribution is -2.12. The van der Waals surface area contributed by atoms with Gasteiger partial charge in [-0.2, -0.15) is 0 Å². The summed E-state index contributed by atoms with van der Waals surface area (Å²) in [5, 5.41) is 147. The summed E-state index contributed by atoms with van der Waals surface area (Å²) in [7, 11) is 0. The highest BCUT2D eigenvalue weighted by Gasteiger charge is 2.58. The third kappa shape index (κ3) is 6.58. The molecule has 0 aliphatic rings. The summed E-state index contributed by atoms with van der Waals surface area (Å²) in [6.45, 7) is 0. The van der Waals surface area contributed by atoms with Crippen molar-refractivity contribution in [3.63, 3.8) is 0 Å². The van der Waals surface area contributed by atoms with E-state index in [-0.39, 0.29) is 12.1 Å². The summed E-state index contributed by atoms with van der Waals surface area (Å²) in [4.78, 5) is 124. The molecule has 0 bridgehead atoms. The van der Waals surface area contributed by atoms with Crippen molar-refractivity contribution in [1.29, 1.82) is 0 Å². The summed E-state index contributed by atoms with van der Waals surface area (Å²) < 4.78 is 0. The van der Waals surface area contributed by atoms with Gasteiger partial charge >= 0.3 is 68.2 Å². The Morgan fingerprint density at radius 2 is 0.500 bits per heavy atom. The van der Waals surface area contributed by atoms with E-state index in [9.17, 15) is 121 Å². The first-order valence-electron chi connectivity index (χ1n) is 14.3. The van der Waals surface area contributed by atoms with E-state index in [1.807, 2.05) is 0 Å². The van der Waals surface area contributed by atoms with Crippen LogP contribution in [0.5, 0.6) is 0 Å². The molecule has 0 spiro atoms. The van der Waals surface area contributed by atoms with Crippen LogP contribution >= 0.6 is 0 Å². The van der Waals surface area contributed by atoms with Gasteiger partial charge in [0.05, 0.1) is 64.6 Å². The molecule has 0 unspecified atom stereocenters. The SMILES string of the molecule is O=[N+]([O-])c1ccc(-c2ccccc2-c2c([N+](=O)[O-])c([N+](=O)[O-])c([N+](=O)[O-])c([N+](=O)[O-])c2[N+](=O)[O-])c(-c2c([N+](=O)[O-])c([N+](=O)[O-])c([N+](=O)[O-])c([N+](=O)[O-])c2[N+](=O)[O-])c1[N+](=O)[O-]. The second-order valence-electron chi connectivity index (χ2n) is 10.7. The standard InChI is InChI=1S/C24H6N12O24/c37-25(38)10-6-5-9(11(14(10)26(39)40)13-17(29(45)46)21(33(53)54)24(36(59)60)22(34(55)56)18(13)30(47)48)7-3-1-2-4-8(7)12-15(27(41)42)19(31(49)50)23(35(57)58)20(32(51)52)16(12)28(43)44/h1-6H. The van der Waals surface area contributed by atoms with Gasteiger partial charge in [-0.15, -0.1) is 0 Å². The minimum absolute atomic E-state index is 0.0865. The van der Waals surface area contributed by atoms with E-state index in [1.165, 1.54) is 0 Å². The number of benzene rings is 4. The average molecular weight is 846 g/mol. The molecule has 0 fully saturated rings. The Morgan fingerprint density at radius 3 is 0.783 bits per heavy atom. The monoisotopic (exact) mass is 846 g/mol. The summed E-state index contributed by atoms with van der Waals surface area (Å²) in [6, 6.07) is 2.54. The average Bonchev–Trinajstić information content (AvgIpc) is 3.13. The number of rotatable bonds is 15. The van der Waals surface area contributed by atoms with Crippen molar-refractivity contribution in [2.45, 2.75) is 0 Å². The highest BCUT2D eigenvalue weighted by Crippen LogP contribution is 2.61.